The molecule has 0 spiro atoms. The van der Waals surface area contributed by atoms with Gasteiger partial charge >= 0.3 is 18.5 Å². The summed E-state index contributed by atoms with van der Waals surface area (Å²) < 4.78 is 119. The number of hydrogen-bond acceptors (Lipinski definition) is 5. The van der Waals surface area contributed by atoms with Crippen LogP contribution in [0, 0.1) is 20.2 Å². The van der Waals surface area contributed by atoms with Crippen LogP contribution in [0.5, 0.6) is 0 Å². The molecule has 0 amide bonds. The molecule has 0 saturated heterocycles. The molecule has 33 heavy (non-hydrogen) atoms. The van der Waals surface area contributed by atoms with E-state index < -0.39 is 77.3 Å². The lowest BCUT2D eigenvalue weighted by Gasteiger charge is -2.22. The number of nitrogens with one attached hydrogen (secondary N) is 1. The van der Waals surface area contributed by atoms with E-state index in [9.17, 15) is 59.7 Å². The number of benzene rings is 2. The Hall–Kier alpha value is -2.82. The molecule has 0 aliphatic rings. The first-order valence-corrected chi connectivity index (χ1v) is 8.91. The molecule has 0 bridgehead atoms. The number of anilines is 2. The topological polar surface area (TPSA) is 98.3 Å². The number of non-ortho nitro benzene ring substituents is 1. The zero-order valence-corrected chi connectivity index (χ0v) is 17.3. The highest BCUT2D eigenvalue weighted by molar-refractivity contribution is 9.10. The van der Waals surface area contributed by atoms with Crippen LogP contribution in [0.15, 0.2) is 22.7 Å². The number of nitrogens with zero attached hydrogens (tertiary/aromatic N) is 2. The summed E-state index contributed by atoms with van der Waals surface area (Å²) in [5.41, 5.74) is -12.5. The first-order chi connectivity index (χ1) is 14.8. The summed E-state index contributed by atoms with van der Waals surface area (Å²) in [5.74, 6) is 0. The molecule has 180 valence electrons. The summed E-state index contributed by atoms with van der Waals surface area (Å²) >= 11 is 7.56. The molecule has 0 heterocycles. The van der Waals surface area contributed by atoms with Crippen molar-refractivity contribution < 1.29 is 49.4 Å². The van der Waals surface area contributed by atoms with Gasteiger partial charge in [-0.25, -0.2) is 0 Å². The molecule has 1 N–H and O–H groups in total. The Kier molecular flexibility index (Phi) is 6.82. The quantitative estimate of drug-likeness (QED) is 0.228. The number of nitro benzene ring substituents is 2. The minimum absolute atomic E-state index is 0.0852. The van der Waals surface area contributed by atoms with E-state index in [0.29, 0.717) is 0 Å². The lowest BCUT2D eigenvalue weighted by atomic mass is 10.0. The zero-order chi connectivity index (χ0) is 25.7. The number of hydrogen-bond donors (Lipinski definition) is 1. The highest BCUT2D eigenvalue weighted by atomic mass is 79.9. The van der Waals surface area contributed by atoms with Crippen LogP contribution in [0.4, 0.5) is 62.3 Å². The van der Waals surface area contributed by atoms with Crippen LogP contribution in [0.2, 0.25) is 5.02 Å². The van der Waals surface area contributed by atoms with Gasteiger partial charge in [0, 0.05) is 6.07 Å². The van der Waals surface area contributed by atoms with Crippen molar-refractivity contribution >= 4 is 50.3 Å². The van der Waals surface area contributed by atoms with E-state index in [4.69, 9.17) is 11.6 Å². The Morgan fingerprint density at radius 3 is 1.73 bits per heavy atom. The summed E-state index contributed by atoms with van der Waals surface area (Å²) in [6.07, 6.45) is -16.9. The summed E-state index contributed by atoms with van der Waals surface area (Å²) in [7, 11) is 0. The van der Waals surface area contributed by atoms with Crippen molar-refractivity contribution in [1.29, 1.82) is 0 Å². The SMILES string of the molecule is O=[N+]([O-])c1cc([N+](=O)[O-])c(Nc2cc(Cl)c(C(F)(F)F)c(C(F)(F)F)c2Br)c(C(F)(F)F)c1. The highest BCUT2D eigenvalue weighted by Crippen LogP contribution is 2.51. The molecule has 0 aliphatic heterocycles. The van der Waals surface area contributed by atoms with E-state index in [1.165, 1.54) is 0 Å². The van der Waals surface area contributed by atoms with Gasteiger partial charge in [0.2, 0.25) is 0 Å². The van der Waals surface area contributed by atoms with Gasteiger partial charge in [-0.3, -0.25) is 20.2 Å². The zero-order valence-electron chi connectivity index (χ0n) is 14.9. The van der Waals surface area contributed by atoms with Crippen molar-refractivity contribution in [3.05, 3.63) is 64.6 Å². The van der Waals surface area contributed by atoms with Crippen molar-refractivity contribution in [3.63, 3.8) is 0 Å². The van der Waals surface area contributed by atoms with Crippen LogP contribution < -0.4 is 5.32 Å². The minimum atomic E-state index is -5.72. The number of halogens is 11. The first-order valence-electron chi connectivity index (χ1n) is 7.74. The standard InChI is InChI=1S/C15H4BrClF9N3O4/c16-11-7(3-6(17)9(14(21,22)23)10(11)15(24,25)26)27-12-5(13(18,19)20)1-4(28(30)31)2-8(12)29(32)33/h1-3,27H. The smallest absolute Gasteiger partial charge is 0.348 e. The van der Waals surface area contributed by atoms with Gasteiger partial charge in [-0.2, -0.15) is 39.5 Å². The second-order valence-corrected chi connectivity index (χ2v) is 7.19. The Balaban J connectivity index is 2.93. The fraction of sp³-hybridized carbons (Fsp3) is 0.200. The van der Waals surface area contributed by atoms with Crippen LogP contribution >= 0.6 is 27.5 Å². The molecule has 2 aromatic carbocycles. The molecule has 7 nitrogen and oxygen atoms in total. The third kappa shape index (κ3) is 5.40. The second-order valence-electron chi connectivity index (χ2n) is 5.99. The van der Waals surface area contributed by atoms with Gasteiger partial charge in [0.1, 0.15) is 5.69 Å². The van der Waals surface area contributed by atoms with Gasteiger partial charge in [0.25, 0.3) is 11.4 Å². The van der Waals surface area contributed by atoms with Crippen LogP contribution in [0.1, 0.15) is 16.7 Å². The van der Waals surface area contributed by atoms with Gasteiger partial charge in [0.15, 0.2) is 0 Å². The van der Waals surface area contributed by atoms with Crippen LogP contribution in [0.3, 0.4) is 0 Å². The molecule has 0 aliphatic carbocycles. The summed E-state index contributed by atoms with van der Waals surface area (Å²) in [4.78, 5) is 19.2. The van der Waals surface area contributed by atoms with Crippen molar-refractivity contribution in [2.24, 2.45) is 0 Å². The molecule has 0 unspecified atom stereocenters. The molecule has 0 atom stereocenters. The van der Waals surface area contributed by atoms with Gasteiger partial charge in [-0.1, -0.05) is 11.6 Å². The third-order valence-electron chi connectivity index (χ3n) is 3.86. The molecule has 18 heteroatoms. The Bertz CT molecular complexity index is 1150. The summed E-state index contributed by atoms with van der Waals surface area (Å²) in [6.45, 7) is 0. The molecule has 2 aromatic rings. The summed E-state index contributed by atoms with van der Waals surface area (Å²) in [5, 5.41) is 22.1. The van der Waals surface area contributed by atoms with E-state index >= 15 is 0 Å². The maximum Gasteiger partial charge on any atom is 0.418 e. The predicted molar refractivity (Wildman–Crippen MR) is 97.2 cm³/mol. The molecule has 0 saturated carbocycles. The van der Waals surface area contributed by atoms with Crippen LogP contribution in [-0.2, 0) is 18.5 Å². The Morgan fingerprint density at radius 2 is 1.33 bits per heavy atom. The van der Waals surface area contributed by atoms with E-state index in [1.54, 1.807) is 5.32 Å². The van der Waals surface area contributed by atoms with E-state index in [-0.39, 0.29) is 18.2 Å². The average Bonchev–Trinajstić information content (AvgIpc) is 2.60. The van der Waals surface area contributed by atoms with E-state index in [1.807, 2.05) is 0 Å². The molecule has 2 rings (SSSR count). The van der Waals surface area contributed by atoms with Crippen LogP contribution in [-0.4, -0.2) is 9.85 Å². The Morgan fingerprint density at radius 1 is 0.818 bits per heavy atom. The predicted octanol–water partition coefficient (Wildman–Crippen LogP) is 7.72. The van der Waals surface area contributed by atoms with Gasteiger partial charge in [-0.15, -0.1) is 0 Å². The normalized spacial score (nSPS) is 12.6. The van der Waals surface area contributed by atoms with E-state index in [0.717, 1.165) is 0 Å². The maximum atomic E-state index is 13.5. The first kappa shape index (κ1) is 26.4. The fourth-order valence-corrected chi connectivity index (χ4v) is 3.56. The van der Waals surface area contributed by atoms with Gasteiger partial charge in [0.05, 0.1) is 47.8 Å². The molecular weight excluding hydrogens is 573 g/mol. The lowest BCUT2D eigenvalue weighted by molar-refractivity contribution is -0.394. The second kappa shape index (κ2) is 8.51. The van der Waals surface area contributed by atoms with Crippen molar-refractivity contribution in [2.45, 2.75) is 18.5 Å². The average molecular weight is 577 g/mol. The van der Waals surface area contributed by atoms with Crippen LogP contribution in [0.25, 0.3) is 0 Å². The largest absolute Gasteiger partial charge is 0.418 e. The molecule has 0 fully saturated rings. The monoisotopic (exact) mass is 575 g/mol. The lowest BCUT2D eigenvalue weighted by Crippen LogP contribution is -2.19. The van der Waals surface area contributed by atoms with Crippen molar-refractivity contribution in [2.75, 3.05) is 5.32 Å². The fourth-order valence-electron chi connectivity index (χ4n) is 2.61. The van der Waals surface area contributed by atoms with Gasteiger partial charge in [-0.05, 0) is 22.0 Å². The number of alkyl halides is 9. The molecule has 0 aromatic heterocycles. The number of rotatable bonds is 4. The minimum Gasteiger partial charge on any atom is -0.348 e. The molecule has 0 radical (unpaired) electrons. The van der Waals surface area contributed by atoms with E-state index in [2.05, 4.69) is 15.9 Å². The highest BCUT2D eigenvalue weighted by Gasteiger charge is 2.47. The van der Waals surface area contributed by atoms with Gasteiger partial charge < -0.3 is 5.32 Å². The maximum absolute atomic E-state index is 13.5. The molecular formula is C15H4BrClF9N3O4. The number of nitro groups is 2. The third-order valence-corrected chi connectivity index (χ3v) is 4.98. The Labute approximate surface area is 188 Å². The van der Waals surface area contributed by atoms with Crippen molar-refractivity contribution in [1.82, 2.24) is 0 Å². The summed E-state index contributed by atoms with van der Waals surface area (Å²) in [6, 6.07) is 0.108. The van der Waals surface area contributed by atoms with Crippen molar-refractivity contribution in [3.8, 4) is 0 Å².